The van der Waals surface area contributed by atoms with E-state index in [1.807, 2.05) is 67.8 Å². The predicted molar refractivity (Wildman–Crippen MR) is 130 cm³/mol. The number of thioether (sulfide) groups is 1. The number of sulfonamides is 1. The molecule has 0 saturated heterocycles. The van der Waals surface area contributed by atoms with Crippen LogP contribution in [-0.2, 0) is 21.2 Å². The molecule has 1 atom stereocenters. The zero-order valence-corrected chi connectivity index (χ0v) is 19.9. The van der Waals surface area contributed by atoms with Crippen LogP contribution < -0.4 is 5.32 Å². The first kappa shape index (κ1) is 24.0. The summed E-state index contributed by atoms with van der Waals surface area (Å²) in [6.07, 6.45) is 2.53. The Bertz CT molecular complexity index is 1100. The first-order valence-corrected chi connectivity index (χ1v) is 13.1. The van der Waals surface area contributed by atoms with Gasteiger partial charge in [0.05, 0.1) is 17.5 Å². The van der Waals surface area contributed by atoms with Crippen molar-refractivity contribution in [2.45, 2.75) is 29.2 Å². The van der Waals surface area contributed by atoms with Crippen molar-refractivity contribution in [3.05, 3.63) is 96.1 Å². The zero-order valence-electron chi connectivity index (χ0n) is 18.3. The van der Waals surface area contributed by atoms with Crippen molar-refractivity contribution in [2.75, 3.05) is 19.3 Å². The van der Waals surface area contributed by atoms with E-state index in [1.54, 1.807) is 42.1 Å². The number of carbonyl (C=O) groups is 1. The highest BCUT2D eigenvalue weighted by atomic mass is 32.2. The average molecular weight is 469 g/mol. The monoisotopic (exact) mass is 468 g/mol. The van der Waals surface area contributed by atoms with Gasteiger partial charge in [-0.15, -0.1) is 11.8 Å². The molecule has 0 saturated carbocycles. The van der Waals surface area contributed by atoms with Gasteiger partial charge >= 0.3 is 0 Å². The minimum atomic E-state index is -3.81. The topological polar surface area (TPSA) is 66.5 Å². The highest BCUT2D eigenvalue weighted by Crippen LogP contribution is 2.20. The minimum Gasteiger partial charge on any atom is -0.348 e. The molecule has 32 heavy (non-hydrogen) atoms. The molecular weight excluding hydrogens is 440 g/mol. The quantitative estimate of drug-likeness (QED) is 0.444. The van der Waals surface area contributed by atoms with Crippen molar-refractivity contribution >= 4 is 27.7 Å². The molecule has 0 aliphatic rings. The number of carbonyl (C=O) groups excluding carboxylic acids is 1. The number of nitrogens with one attached hydrogen (secondary N) is 1. The number of rotatable bonds is 10. The number of hydrogen-bond donors (Lipinski definition) is 1. The summed E-state index contributed by atoms with van der Waals surface area (Å²) in [5, 5.41) is 2.93. The number of nitrogens with zero attached hydrogens (tertiary/aromatic N) is 1. The second-order valence-electron chi connectivity index (χ2n) is 7.45. The second kappa shape index (κ2) is 11.3. The summed E-state index contributed by atoms with van der Waals surface area (Å²) < 4.78 is 27.8. The van der Waals surface area contributed by atoms with Gasteiger partial charge in [0.2, 0.25) is 15.9 Å². The molecule has 0 heterocycles. The molecule has 0 aliphatic carbocycles. The van der Waals surface area contributed by atoms with Crippen molar-refractivity contribution in [3.63, 3.8) is 0 Å². The maximum Gasteiger partial charge on any atom is 0.243 e. The molecule has 0 aliphatic heterocycles. The Hall–Kier alpha value is -2.61. The molecule has 0 spiro atoms. The molecule has 0 aromatic heterocycles. The van der Waals surface area contributed by atoms with Gasteiger partial charge in [0.1, 0.15) is 0 Å². The van der Waals surface area contributed by atoms with Gasteiger partial charge in [-0.1, -0.05) is 60.7 Å². The average Bonchev–Trinajstić information content (AvgIpc) is 2.82. The van der Waals surface area contributed by atoms with E-state index in [1.165, 1.54) is 4.31 Å². The fourth-order valence-electron chi connectivity index (χ4n) is 3.35. The van der Waals surface area contributed by atoms with Gasteiger partial charge in [-0.05, 0) is 55.0 Å². The summed E-state index contributed by atoms with van der Waals surface area (Å²) in [6.45, 7) is 1.87. The van der Waals surface area contributed by atoms with Crippen molar-refractivity contribution in [2.24, 2.45) is 0 Å². The van der Waals surface area contributed by atoms with Crippen LogP contribution in [0, 0.1) is 0 Å². The number of benzene rings is 3. The van der Waals surface area contributed by atoms with E-state index in [2.05, 4.69) is 5.32 Å². The Labute approximate surface area is 194 Å². The SMILES string of the molecule is CSc1ccc([C@@H](C)NC(=O)CN(CCc2ccccc2)S(=O)(=O)c2ccccc2)cc1. The Morgan fingerprint density at radius 2 is 1.53 bits per heavy atom. The van der Waals surface area contributed by atoms with E-state index >= 15 is 0 Å². The van der Waals surface area contributed by atoms with Crippen LogP contribution in [-0.4, -0.2) is 38.0 Å². The lowest BCUT2D eigenvalue weighted by atomic mass is 10.1. The molecule has 3 rings (SSSR count). The van der Waals surface area contributed by atoms with Gasteiger partial charge in [0, 0.05) is 11.4 Å². The summed E-state index contributed by atoms with van der Waals surface area (Å²) in [5.74, 6) is -0.334. The normalized spacial score (nSPS) is 12.5. The van der Waals surface area contributed by atoms with Crippen LogP contribution in [0.25, 0.3) is 0 Å². The molecule has 5 nitrogen and oxygen atoms in total. The van der Waals surface area contributed by atoms with Gasteiger partial charge < -0.3 is 5.32 Å². The van der Waals surface area contributed by atoms with Crippen LogP contribution in [0.2, 0.25) is 0 Å². The van der Waals surface area contributed by atoms with Crippen molar-refractivity contribution in [3.8, 4) is 0 Å². The Balaban J connectivity index is 1.74. The van der Waals surface area contributed by atoms with Crippen molar-refractivity contribution in [1.82, 2.24) is 9.62 Å². The van der Waals surface area contributed by atoms with Gasteiger partial charge in [-0.2, -0.15) is 4.31 Å². The summed E-state index contributed by atoms with van der Waals surface area (Å²) >= 11 is 1.66. The minimum absolute atomic E-state index is 0.182. The Kier molecular flexibility index (Phi) is 8.50. The third-order valence-corrected chi connectivity index (χ3v) is 7.79. The highest BCUT2D eigenvalue weighted by molar-refractivity contribution is 7.98. The molecule has 1 amide bonds. The van der Waals surface area contributed by atoms with Gasteiger partial charge in [0.25, 0.3) is 0 Å². The predicted octanol–water partition coefficient (Wildman–Crippen LogP) is 4.52. The largest absolute Gasteiger partial charge is 0.348 e. The van der Waals surface area contributed by atoms with Crippen LogP contribution in [0.15, 0.2) is 94.7 Å². The molecule has 1 N–H and O–H groups in total. The maximum absolute atomic E-state index is 13.3. The molecule has 0 fully saturated rings. The van der Waals surface area contributed by atoms with E-state index in [4.69, 9.17) is 0 Å². The van der Waals surface area contributed by atoms with E-state index < -0.39 is 10.0 Å². The lowest BCUT2D eigenvalue weighted by Crippen LogP contribution is -2.42. The highest BCUT2D eigenvalue weighted by Gasteiger charge is 2.26. The molecule has 3 aromatic rings. The Morgan fingerprint density at radius 1 is 0.938 bits per heavy atom. The molecule has 0 bridgehead atoms. The van der Waals surface area contributed by atoms with Crippen molar-refractivity contribution < 1.29 is 13.2 Å². The molecule has 168 valence electrons. The lowest BCUT2D eigenvalue weighted by molar-refractivity contribution is -0.121. The molecule has 0 unspecified atom stereocenters. The third kappa shape index (κ3) is 6.45. The van der Waals surface area contributed by atoms with E-state index in [0.717, 1.165) is 16.0 Å². The first-order chi connectivity index (χ1) is 15.4. The van der Waals surface area contributed by atoms with Gasteiger partial charge in [-0.25, -0.2) is 8.42 Å². The van der Waals surface area contributed by atoms with Gasteiger partial charge in [-0.3, -0.25) is 4.79 Å². The van der Waals surface area contributed by atoms with E-state index in [9.17, 15) is 13.2 Å². The third-order valence-electron chi connectivity index (χ3n) is 5.19. The van der Waals surface area contributed by atoms with Crippen LogP contribution in [0.5, 0.6) is 0 Å². The molecular formula is C25H28N2O3S2. The van der Waals surface area contributed by atoms with Crippen LogP contribution in [0.1, 0.15) is 24.1 Å². The summed E-state index contributed by atoms with van der Waals surface area (Å²) in [6, 6.07) is 25.6. The molecule has 7 heteroatoms. The van der Waals surface area contributed by atoms with E-state index in [-0.39, 0.29) is 29.9 Å². The smallest absolute Gasteiger partial charge is 0.243 e. The lowest BCUT2D eigenvalue weighted by Gasteiger charge is -2.23. The fraction of sp³-hybridized carbons (Fsp3) is 0.240. The summed E-state index contributed by atoms with van der Waals surface area (Å²) in [4.78, 5) is 14.2. The summed E-state index contributed by atoms with van der Waals surface area (Å²) in [5.41, 5.74) is 1.99. The van der Waals surface area contributed by atoms with Gasteiger partial charge in [0.15, 0.2) is 0 Å². The zero-order chi connectivity index (χ0) is 23.0. The molecule has 3 aromatic carbocycles. The Morgan fingerprint density at radius 3 is 2.12 bits per heavy atom. The standard InChI is InChI=1S/C25H28N2O3S2/c1-20(22-13-15-23(31-2)16-14-22)26-25(28)19-27(18-17-21-9-5-3-6-10-21)32(29,30)24-11-7-4-8-12-24/h3-16,20H,17-19H2,1-2H3,(H,26,28)/t20-/m1/s1. The van der Waals surface area contributed by atoms with Crippen LogP contribution in [0.4, 0.5) is 0 Å². The van der Waals surface area contributed by atoms with Crippen LogP contribution >= 0.6 is 11.8 Å². The maximum atomic E-state index is 13.3. The number of hydrogen-bond acceptors (Lipinski definition) is 4. The first-order valence-electron chi connectivity index (χ1n) is 10.4. The second-order valence-corrected chi connectivity index (χ2v) is 10.3. The van der Waals surface area contributed by atoms with E-state index in [0.29, 0.717) is 6.42 Å². The van der Waals surface area contributed by atoms with Crippen LogP contribution in [0.3, 0.4) is 0 Å². The summed E-state index contributed by atoms with van der Waals surface area (Å²) in [7, 11) is -3.81. The number of amides is 1. The van der Waals surface area contributed by atoms with Crippen molar-refractivity contribution in [1.29, 1.82) is 0 Å². The fourth-order valence-corrected chi connectivity index (χ4v) is 5.17. The molecule has 0 radical (unpaired) electrons.